The highest BCUT2D eigenvalue weighted by Gasteiger charge is 2.33. The molecule has 1 unspecified atom stereocenters. The summed E-state index contributed by atoms with van der Waals surface area (Å²) in [6, 6.07) is 8.66. The smallest absolute Gasteiger partial charge is 0.138 e. The van der Waals surface area contributed by atoms with E-state index in [4.69, 9.17) is 0 Å². The number of hydrogen-bond acceptors (Lipinski definition) is 3. The van der Waals surface area contributed by atoms with Gasteiger partial charge in [-0.2, -0.15) is 5.10 Å². The van der Waals surface area contributed by atoms with E-state index in [1.54, 1.807) is 6.33 Å². The maximum Gasteiger partial charge on any atom is 0.138 e. The molecule has 3 rings (SSSR count). The van der Waals surface area contributed by atoms with Crippen LogP contribution in [-0.2, 0) is 19.3 Å². The molecule has 20 heavy (non-hydrogen) atoms. The van der Waals surface area contributed by atoms with Gasteiger partial charge in [-0.1, -0.05) is 24.3 Å². The summed E-state index contributed by atoms with van der Waals surface area (Å²) in [6.45, 7) is 4.16. The lowest BCUT2D eigenvalue weighted by Crippen LogP contribution is -2.39. The van der Waals surface area contributed by atoms with Crippen LogP contribution in [0.2, 0.25) is 0 Å². The Balaban J connectivity index is 1.83. The minimum Gasteiger partial charge on any atom is -0.389 e. The van der Waals surface area contributed by atoms with Crippen LogP contribution in [0.15, 0.2) is 30.6 Å². The van der Waals surface area contributed by atoms with Crippen molar-refractivity contribution in [2.75, 3.05) is 0 Å². The molecule has 2 aromatic rings. The zero-order valence-corrected chi connectivity index (χ0v) is 12.1. The van der Waals surface area contributed by atoms with Gasteiger partial charge in [0.15, 0.2) is 0 Å². The molecule has 106 valence electrons. The highest BCUT2D eigenvalue weighted by molar-refractivity contribution is 5.31. The van der Waals surface area contributed by atoms with Crippen LogP contribution >= 0.6 is 0 Å². The number of nitrogens with zero attached hydrogens (tertiary/aromatic N) is 3. The van der Waals surface area contributed by atoms with Crippen molar-refractivity contribution in [1.29, 1.82) is 0 Å². The van der Waals surface area contributed by atoms with E-state index >= 15 is 0 Å². The van der Waals surface area contributed by atoms with Crippen molar-refractivity contribution in [1.82, 2.24) is 14.8 Å². The molecule has 1 heterocycles. The second-order valence-electron chi connectivity index (χ2n) is 6.06. The molecule has 0 radical (unpaired) electrons. The Morgan fingerprint density at radius 2 is 2.05 bits per heavy atom. The molecule has 1 aromatic carbocycles. The second kappa shape index (κ2) is 5.02. The fraction of sp³-hybridized carbons (Fsp3) is 0.500. The molecule has 0 bridgehead atoms. The number of rotatable bonds is 3. The zero-order chi connectivity index (χ0) is 14.2. The molecule has 0 saturated carbocycles. The molecule has 1 atom stereocenters. The standard InChI is InChI=1S/C16H21N3O/c1-12(2)19-15(17-11-18-19)10-16(20)8-7-13-5-3-4-6-14(13)9-16/h3-6,11-12,20H,7-10H2,1-2H3. The fourth-order valence-corrected chi connectivity index (χ4v) is 3.06. The van der Waals surface area contributed by atoms with Crippen LogP contribution in [0.4, 0.5) is 0 Å². The Labute approximate surface area is 119 Å². The van der Waals surface area contributed by atoms with Crippen LogP contribution in [0.1, 0.15) is 43.3 Å². The normalized spacial score (nSPS) is 22.0. The van der Waals surface area contributed by atoms with E-state index in [1.807, 2.05) is 10.7 Å². The van der Waals surface area contributed by atoms with E-state index in [2.05, 4.69) is 42.1 Å². The molecule has 0 amide bonds. The van der Waals surface area contributed by atoms with Gasteiger partial charge in [-0.3, -0.25) is 0 Å². The summed E-state index contributed by atoms with van der Waals surface area (Å²) >= 11 is 0. The Kier molecular flexibility index (Phi) is 3.34. The van der Waals surface area contributed by atoms with Gasteiger partial charge >= 0.3 is 0 Å². The summed E-state index contributed by atoms with van der Waals surface area (Å²) < 4.78 is 1.90. The van der Waals surface area contributed by atoms with Crippen LogP contribution in [0.5, 0.6) is 0 Å². The first-order chi connectivity index (χ1) is 9.57. The van der Waals surface area contributed by atoms with Gasteiger partial charge < -0.3 is 5.11 Å². The van der Waals surface area contributed by atoms with E-state index in [9.17, 15) is 5.11 Å². The molecule has 1 aromatic heterocycles. The van der Waals surface area contributed by atoms with Gasteiger partial charge in [0.25, 0.3) is 0 Å². The van der Waals surface area contributed by atoms with Crippen LogP contribution in [0.25, 0.3) is 0 Å². The number of hydrogen-bond donors (Lipinski definition) is 1. The summed E-state index contributed by atoms with van der Waals surface area (Å²) in [4.78, 5) is 4.32. The zero-order valence-electron chi connectivity index (χ0n) is 12.1. The van der Waals surface area contributed by atoms with Gasteiger partial charge in [-0.05, 0) is 37.8 Å². The van der Waals surface area contributed by atoms with E-state index in [0.717, 1.165) is 18.7 Å². The predicted molar refractivity (Wildman–Crippen MR) is 77.5 cm³/mol. The van der Waals surface area contributed by atoms with Crippen LogP contribution < -0.4 is 0 Å². The first kappa shape index (κ1) is 13.3. The van der Waals surface area contributed by atoms with Crippen molar-refractivity contribution in [2.45, 2.75) is 51.2 Å². The molecule has 0 fully saturated rings. The Bertz CT molecular complexity index is 605. The average Bonchev–Trinajstić information content (AvgIpc) is 2.86. The van der Waals surface area contributed by atoms with Gasteiger partial charge in [-0.25, -0.2) is 9.67 Å². The maximum atomic E-state index is 10.9. The SMILES string of the molecule is CC(C)n1ncnc1CC1(O)CCc2ccccc2C1. The molecule has 1 aliphatic carbocycles. The average molecular weight is 271 g/mol. The lowest BCUT2D eigenvalue weighted by Gasteiger charge is -2.33. The number of aromatic nitrogens is 3. The summed E-state index contributed by atoms with van der Waals surface area (Å²) in [5, 5.41) is 15.2. The minimum absolute atomic E-state index is 0.270. The van der Waals surface area contributed by atoms with Crippen LogP contribution in [-0.4, -0.2) is 25.5 Å². The Morgan fingerprint density at radius 3 is 2.80 bits per heavy atom. The first-order valence-electron chi connectivity index (χ1n) is 7.25. The molecule has 0 spiro atoms. The predicted octanol–water partition coefficient (Wildman–Crippen LogP) is 2.32. The number of fused-ring (bicyclic) bond motifs is 1. The van der Waals surface area contributed by atoms with E-state index in [0.29, 0.717) is 12.8 Å². The van der Waals surface area contributed by atoms with Crippen molar-refractivity contribution in [3.63, 3.8) is 0 Å². The summed E-state index contributed by atoms with van der Waals surface area (Å²) in [6.07, 6.45) is 4.57. The third-order valence-corrected chi connectivity index (χ3v) is 4.12. The largest absolute Gasteiger partial charge is 0.389 e. The number of aryl methyl sites for hydroxylation is 1. The van der Waals surface area contributed by atoms with Crippen LogP contribution in [0, 0.1) is 0 Å². The number of benzene rings is 1. The molecular formula is C16H21N3O. The molecule has 4 heteroatoms. The second-order valence-corrected chi connectivity index (χ2v) is 6.06. The quantitative estimate of drug-likeness (QED) is 0.932. The highest BCUT2D eigenvalue weighted by atomic mass is 16.3. The molecule has 0 aliphatic heterocycles. The summed E-state index contributed by atoms with van der Waals surface area (Å²) in [5.41, 5.74) is 1.92. The van der Waals surface area contributed by atoms with E-state index < -0.39 is 5.60 Å². The number of aliphatic hydroxyl groups is 1. The first-order valence-corrected chi connectivity index (χ1v) is 7.25. The fourth-order valence-electron chi connectivity index (χ4n) is 3.06. The van der Waals surface area contributed by atoms with Crippen LogP contribution in [0.3, 0.4) is 0 Å². The van der Waals surface area contributed by atoms with Gasteiger partial charge in [0.1, 0.15) is 12.2 Å². The van der Waals surface area contributed by atoms with E-state index in [-0.39, 0.29) is 6.04 Å². The molecule has 1 aliphatic rings. The summed E-state index contributed by atoms with van der Waals surface area (Å²) in [7, 11) is 0. The van der Waals surface area contributed by atoms with Crippen molar-refractivity contribution in [3.05, 3.63) is 47.5 Å². The molecule has 0 saturated heterocycles. The monoisotopic (exact) mass is 271 g/mol. The lowest BCUT2D eigenvalue weighted by molar-refractivity contribution is 0.0236. The van der Waals surface area contributed by atoms with Crippen molar-refractivity contribution in [3.8, 4) is 0 Å². The maximum absolute atomic E-state index is 10.9. The Hall–Kier alpha value is -1.68. The lowest BCUT2D eigenvalue weighted by atomic mass is 9.78. The minimum atomic E-state index is -0.700. The van der Waals surface area contributed by atoms with E-state index in [1.165, 1.54) is 11.1 Å². The van der Waals surface area contributed by atoms with Crippen molar-refractivity contribution < 1.29 is 5.11 Å². The molecular weight excluding hydrogens is 250 g/mol. The Morgan fingerprint density at radius 1 is 1.30 bits per heavy atom. The third-order valence-electron chi connectivity index (χ3n) is 4.12. The van der Waals surface area contributed by atoms with Gasteiger partial charge in [0.05, 0.1) is 5.60 Å². The molecule has 1 N–H and O–H groups in total. The summed E-state index contributed by atoms with van der Waals surface area (Å²) in [5.74, 6) is 0.877. The van der Waals surface area contributed by atoms with Gasteiger partial charge in [0.2, 0.25) is 0 Å². The van der Waals surface area contributed by atoms with Crippen molar-refractivity contribution in [2.24, 2.45) is 0 Å². The van der Waals surface area contributed by atoms with Crippen molar-refractivity contribution >= 4 is 0 Å². The van der Waals surface area contributed by atoms with Gasteiger partial charge in [0, 0.05) is 18.9 Å². The third kappa shape index (κ3) is 2.48. The molecule has 4 nitrogen and oxygen atoms in total. The topological polar surface area (TPSA) is 50.9 Å². The highest BCUT2D eigenvalue weighted by Crippen LogP contribution is 2.31. The van der Waals surface area contributed by atoms with Gasteiger partial charge in [-0.15, -0.1) is 0 Å².